The normalized spacial score (nSPS) is 15.5. The molecule has 0 aliphatic rings. The summed E-state index contributed by atoms with van der Waals surface area (Å²) in [7, 11) is -3.45. The first-order valence-corrected chi connectivity index (χ1v) is 8.87. The van der Waals surface area contributed by atoms with Gasteiger partial charge in [0.15, 0.2) is 0 Å². The van der Waals surface area contributed by atoms with Crippen molar-refractivity contribution in [1.29, 1.82) is 0 Å². The molecule has 0 aromatic heterocycles. The Labute approximate surface area is 119 Å². The molecule has 0 radical (unpaired) electrons. The summed E-state index contributed by atoms with van der Waals surface area (Å²) < 4.78 is 27.0. The summed E-state index contributed by atoms with van der Waals surface area (Å²) in [5.74, 6) is 0. The van der Waals surface area contributed by atoms with Crippen LogP contribution in [0.5, 0.6) is 0 Å². The second kappa shape index (κ2) is 6.31. The van der Waals surface area contributed by atoms with Gasteiger partial charge in [0, 0.05) is 16.2 Å². The van der Waals surface area contributed by atoms with Gasteiger partial charge in [0.25, 0.3) is 0 Å². The topological polar surface area (TPSA) is 46.2 Å². The van der Waals surface area contributed by atoms with Gasteiger partial charge >= 0.3 is 0 Å². The zero-order valence-electron chi connectivity index (χ0n) is 9.49. The van der Waals surface area contributed by atoms with E-state index in [1.165, 1.54) is 0 Å². The number of nitrogens with one attached hydrogen (secondary N) is 1. The molecule has 1 N–H and O–H groups in total. The van der Waals surface area contributed by atoms with Gasteiger partial charge in [0.2, 0.25) is 10.0 Å². The van der Waals surface area contributed by atoms with Gasteiger partial charge in [-0.15, -0.1) is 0 Å². The summed E-state index contributed by atoms with van der Waals surface area (Å²) in [5, 5.41) is 1.31. The summed E-state index contributed by atoms with van der Waals surface area (Å²) in [6.45, 7) is 1.88. The number of halogens is 2. The highest BCUT2D eigenvalue weighted by Crippen LogP contribution is 2.19. The fraction of sp³-hybridized carbons (Fsp3) is 0.455. The fourth-order valence-electron chi connectivity index (χ4n) is 1.34. The number of rotatable bonds is 6. The van der Waals surface area contributed by atoms with E-state index in [-0.39, 0.29) is 0 Å². The molecular weight excluding hydrogens is 370 g/mol. The van der Waals surface area contributed by atoms with Crippen LogP contribution in [0.1, 0.15) is 13.3 Å². The van der Waals surface area contributed by atoms with E-state index in [9.17, 15) is 8.42 Å². The Kier molecular flexibility index (Phi) is 5.63. The molecule has 0 spiro atoms. The lowest BCUT2D eigenvalue weighted by atomic mass is 10.0. The molecule has 0 fully saturated rings. The fourth-order valence-corrected chi connectivity index (χ4v) is 4.27. The van der Waals surface area contributed by atoms with Crippen molar-refractivity contribution in [2.24, 2.45) is 0 Å². The van der Waals surface area contributed by atoms with Crippen LogP contribution < -0.4 is 4.72 Å². The van der Waals surface area contributed by atoms with Crippen LogP contribution in [0.2, 0.25) is 0 Å². The van der Waals surface area contributed by atoms with Crippen molar-refractivity contribution < 1.29 is 8.42 Å². The average Bonchev–Trinajstić information content (AvgIpc) is 2.30. The molecule has 0 aliphatic carbocycles. The lowest BCUT2D eigenvalue weighted by Crippen LogP contribution is -2.47. The maximum absolute atomic E-state index is 12.1. The number of hydrogen-bond donors (Lipinski definition) is 1. The van der Waals surface area contributed by atoms with Crippen LogP contribution in [-0.2, 0) is 10.0 Å². The van der Waals surface area contributed by atoms with Crippen LogP contribution in [0.3, 0.4) is 0 Å². The van der Waals surface area contributed by atoms with Gasteiger partial charge < -0.3 is 0 Å². The van der Waals surface area contributed by atoms with Crippen LogP contribution in [0, 0.1) is 0 Å². The van der Waals surface area contributed by atoms with E-state index in [4.69, 9.17) is 0 Å². The van der Waals surface area contributed by atoms with Crippen LogP contribution in [-0.4, -0.2) is 24.6 Å². The quantitative estimate of drug-likeness (QED) is 0.766. The molecule has 0 saturated heterocycles. The minimum Gasteiger partial charge on any atom is -0.207 e. The molecule has 3 nitrogen and oxygen atoms in total. The van der Waals surface area contributed by atoms with Gasteiger partial charge in [0.1, 0.15) is 0 Å². The lowest BCUT2D eigenvalue weighted by Gasteiger charge is -2.27. The van der Waals surface area contributed by atoms with Crippen molar-refractivity contribution >= 4 is 41.9 Å². The van der Waals surface area contributed by atoms with Gasteiger partial charge in [-0.3, -0.25) is 0 Å². The maximum atomic E-state index is 12.1. The van der Waals surface area contributed by atoms with Gasteiger partial charge in [-0.2, -0.15) is 0 Å². The minimum absolute atomic E-state index is 0.293. The molecule has 1 aromatic carbocycles. The third kappa shape index (κ3) is 4.35. The van der Waals surface area contributed by atoms with E-state index in [1.807, 2.05) is 6.92 Å². The number of sulfonamides is 1. The average molecular weight is 385 g/mol. The zero-order valence-corrected chi connectivity index (χ0v) is 13.5. The second-order valence-corrected chi connectivity index (χ2v) is 7.09. The van der Waals surface area contributed by atoms with E-state index < -0.39 is 15.6 Å². The Hall–Kier alpha value is 0.0900. The van der Waals surface area contributed by atoms with Crippen molar-refractivity contribution in [3.8, 4) is 0 Å². The molecule has 17 heavy (non-hydrogen) atoms. The molecule has 0 bridgehead atoms. The van der Waals surface area contributed by atoms with Crippen LogP contribution >= 0.6 is 31.9 Å². The van der Waals surface area contributed by atoms with Crippen molar-refractivity contribution in [3.05, 3.63) is 30.3 Å². The van der Waals surface area contributed by atoms with Crippen molar-refractivity contribution in [2.75, 3.05) is 10.7 Å². The molecule has 1 rings (SSSR count). The zero-order chi connectivity index (χ0) is 12.9. The molecule has 0 aliphatic heterocycles. The number of benzene rings is 1. The molecule has 1 atom stereocenters. The SMILES string of the molecule is CC(CBr)(CCBr)NS(=O)(=O)c1ccccc1. The number of alkyl halides is 2. The summed E-state index contributed by atoms with van der Waals surface area (Å²) in [6.07, 6.45) is 0.713. The van der Waals surface area contributed by atoms with Gasteiger partial charge in [-0.25, -0.2) is 13.1 Å². The highest BCUT2D eigenvalue weighted by molar-refractivity contribution is 9.09. The predicted octanol–water partition coefficient (Wildman–Crippen LogP) is 2.90. The van der Waals surface area contributed by atoms with E-state index in [0.29, 0.717) is 16.6 Å². The molecule has 0 heterocycles. The van der Waals surface area contributed by atoms with E-state index >= 15 is 0 Å². The molecule has 0 saturated carbocycles. The van der Waals surface area contributed by atoms with Crippen molar-refractivity contribution in [1.82, 2.24) is 4.72 Å². The van der Waals surface area contributed by atoms with E-state index in [2.05, 4.69) is 36.6 Å². The van der Waals surface area contributed by atoms with Gasteiger partial charge in [0.05, 0.1) is 4.90 Å². The first-order valence-electron chi connectivity index (χ1n) is 5.14. The Balaban J connectivity index is 2.94. The molecule has 96 valence electrons. The standard InChI is InChI=1S/C11H15Br2NO2S/c1-11(9-13,7-8-12)14-17(15,16)10-5-3-2-4-6-10/h2-6,14H,7-9H2,1H3. The second-order valence-electron chi connectivity index (χ2n) is 4.05. The lowest BCUT2D eigenvalue weighted by molar-refractivity contribution is 0.453. The summed E-state index contributed by atoms with van der Waals surface area (Å²) in [5.41, 5.74) is -0.488. The van der Waals surface area contributed by atoms with Crippen molar-refractivity contribution in [3.63, 3.8) is 0 Å². The summed E-state index contributed by atoms with van der Waals surface area (Å²) in [4.78, 5) is 0.293. The first kappa shape index (κ1) is 15.1. The Morgan fingerprint density at radius 3 is 2.29 bits per heavy atom. The third-order valence-corrected chi connectivity index (χ3v) is 5.66. The third-order valence-electron chi connectivity index (χ3n) is 2.38. The molecule has 6 heteroatoms. The molecular formula is C11H15Br2NO2S. The molecule has 0 amide bonds. The Morgan fingerprint density at radius 1 is 1.24 bits per heavy atom. The van der Waals surface area contributed by atoms with Crippen LogP contribution in [0.15, 0.2) is 35.2 Å². The minimum atomic E-state index is -3.45. The van der Waals surface area contributed by atoms with E-state index in [1.54, 1.807) is 30.3 Å². The largest absolute Gasteiger partial charge is 0.241 e. The summed E-state index contributed by atoms with van der Waals surface area (Å²) in [6, 6.07) is 8.40. The van der Waals surface area contributed by atoms with Crippen molar-refractivity contribution in [2.45, 2.75) is 23.8 Å². The maximum Gasteiger partial charge on any atom is 0.241 e. The van der Waals surface area contributed by atoms with Gasteiger partial charge in [-0.1, -0.05) is 50.1 Å². The summed E-state index contributed by atoms with van der Waals surface area (Å²) >= 11 is 6.68. The van der Waals surface area contributed by atoms with Crippen LogP contribution in [0.4, 0.5) is 0 Å². The predicted molar refractivity (Wildman–Crippen MR) is 77.4 cm³/mol. The van der Waals surface area contributed by atoms with Crippen LogP contribution in [0.25, 0.3) is 0 Å². The number of hydrogen-bond acceptors (Lipinski definition) is 2. The Morgan fingerprint density at radius 2 is 1.82 bits per heavy atom. The highest BCUT2D eigenvalue weighted by Gasteiger charge is 2.28. The van der Waals surface area contributed by atoms with Gasteiger partial charge in [-0.05, 0) is 25.5 Å². The monoisotopic (exact) mass is 383 g/mol. The molecule has 1 unspecified atom stereocenters. The van der Waals surface area contributed by atoms with E-state index in [0.717, 1.165) is 5.33 Å². The molecule has 1 aromatic rings. The Bertz CT molecular complexity index is 450. The first-order chi connectivity index (χ1) is 7.93. The highest BCUT2D eigenvalue weighted by atomic mass is 79.9. The smallest absolute Gasteiger partial charge is 0.207 e.